The molecule has 0 saturated heterocycles. The summed E-state index contributed by atoms with van der Waals surface area (Å²) in [7, 11) is 3.40. The topological polar surface area (TPSA) is 44.5 Å². The fraction of sp³-hybridized carbons (Fsp3) is 0.667. The number of nitrogens with two attached hydrogens (primary N) is 1. The van der Waals surface area contributed by atoms with Crippen LogP contribution in [0.3, 0.4) is 0 Å². The van der Waals surface area contributed by atoms with Crippen molar-refractivity contribution >= 4 is 0 Å². The molecule has 0 amide bonds. The molecule has 1 fully saturated rings. The van der Waals surface area contributed by atoms with Crippen LogP contribution in [0.5, 0.6) is 11.5 Å². The van der Waals surface area contributed by atoms with Crippen LogP contribution in [0.4, 0.5) is 0 Å². The van der Waals surface area contributed by atoms with Gasteiger partial charge in [0, 0.05) is 17.7 Å². The molecule has 3 atom stereocenters. The molecular formula is C18H29NO2. The van der Waals surface area contributed by atoms with Crippen molar-refractivity contribution in [3.05, 3.63) is 23.8 Å². The van der Waals surface area contributed by atoms with Gasteiger partial charge in [0.2, 0.25) is 0 Å². The number of rotatable bonds is 4. The summed E-state index contributed by atoms with van der Waals surface area (Å²) in [6, 6.07) is 6.36. The maximum absolute atomic E-state index is 6.47. The highest BCUT2D eigenvalue weighted by Crippen LogP contribution is 2.45. The minimum absolute atomic E-state index is 0.00281. The van der Waals surface area contributed by atoms with Gasteiger partial charge in [-0.05, 0) is 36.2 Å². The molecule has 3 nitrogen and oxygen atoms in total. The van der Waals surface area contributed by atoms with Crippen molar-refractivity contribution in [1.29, 1.82) is 0 Å². The Kier molecular flexibility index (Phi) is 4.82. The van der Waals surface area contributed by atoms with Gasteiger partial charge in [0.15, 0.2) is 0 Å². The van der Waals surface area contributed by atoms with E-state index >= 15 is 0 Å². The SMILES string of the molecule is COc1ccc(C(C)(C)C2CCC(C)CC2N)c(OC)c1. The second-order valence-electron chi connectivity index (χ2n) is 6.98. The molecule has 1 aliphatic carbocycles. The summed E-state index contributed by atoms with van der Waals surface area (Å²) >= 11 is 0. The molecule has 21 heavy (non-hydrogen) atoms. The summed E-state index contributed by atoms with van der Waals surface area (Å²) in [6.07, 6.45) is 3.57. The van der Waals surface area contributed by atoms with E-state index in [1.807, 2.05) is 12.1 Å². The van der Waals surface area contributed by atoms with Crippen molar-refractivity contribution in [2.75, 3.05) is 14.2 Å². The summed E-state index contributed by atoms with van der Waals surface area (Å²) in [6.45, 7) is 6.88. The molecule has 0 bridgehead atoms. The molecule has 0 aromatic heterocycles. The largest absolute Gasteiger partial charge is 0.497 e. The van der Waals surface area contributed by atoms with Gasteiger partial charge in [-0.2, -0.15) is 0 Å². The number of methoxy groups -OCH3 is 2. The van der Waals surface area contributed by atoms with E-state index in [9.17, 15) is 0 Å². The first-order valence-electron chi connectivity index (χ1n) is 7.88. The number of hydrogen-bond donors (Lipinski definition) is 1. The van der Waals surface area contributed by atoms with Crippen LogP contribution in [-0.4, -0.2) is 20.3 Å². The molecule has 0 aliphatic heterocycles. The summed E-state index contributed by atoms with van der Waals surface area (Å²) in [5, 5.41) is 0. The number of benzene rings is 1. The molecule has 3 heteroatoms. The van der Waals surface area contributed by atoms with Gasteiger partial charge in [0.25, 0.3) is 0 Å². The molecule has 2 rings (SSSR count). The highest BCUT2D eigenvalue weighted by atomic mass is 16.5. The zero-order chi connectivity index (χ0) is 15.6. The van der Waals surface area contributed by atoms with Crippen LogP contribution in [0.1, 0.15) is 45.6 Å². The molecule has 118 valence electrons. The summed E-state index contributed by atoms with van der Waals surface area (Å²) in [5.41, 5.74) is 7.70. The molecule has 2 N–H and O–H groups in total. The van der Waals surface area contributed by atoms with E-state index in [2.05, 4.69) is 26.8 Å². The van der Waals surface area contributed by atoms with Crippen LogP contribution in [0.2, 0.25) is 0 Å². The summed E-state index contributed by atoms with van der Waals surface area (Å²) in [5.74, 6) is 2.94. The van der Waals surface area contributed by atoms with Crippen molar-refractivity contribution in [3.63, 3.8) is 0 Å². The highest BCUT2D eigenvalue weighted by Gasteiger charge is 2.39. The molecule has 0 heterocycles. The third-order valence-corrected chi connectivity index (χ3v) is 5.19. The van der Waals surface area contributed by atoms with Crippen molar-refractivity contribution in [2.45, 2.75) is 51.5 Å². The zero-order valence-corrected chi connectivity index (χ0v) is 14.0. The van der Waals surface area contributed by atoms with Crippen LogP contribution >= 0.6 is 0 Å². The van der Waals surface area contributed by atoms with Crippen LogP contribution in [0.25, 0.3) is 0 Å². The average molecular weight is 291 g/mol. The van der Waals surface area contributed by atoms with Crippen molar-refractivity contribution in [3.8, 4) is 11.5 Å². The second-order valence-corrected chi connectivity index (χ2v) is 6.98. The first-order chi connectivity index (χ1) is 9.90. The predicted octanol–water partition coefficient (Wildman–Crippen LogP) is 3.74. The molecule has 1 aromatic rings. The Morgan fingerprint density at radius 2 is 1.86 bits per heavy atom. The molecule has 1 aliphatic rings. The first-order valence-corrected chi connectivity index (χ1v) is 7.88. The monoisotopic (exact) mass is 291 g/mol. The van der Waals surface area contributed by atoms with E-state index in [0.29, 0.717) is 5.92 Å². The van der Waals surface area contributed by atoms with Crippen LogP contribution in [0, 0.1) is 11.8 Å². The summed E-state index contributed by atoms with van der Waals surface area (Å²) < 4.78 is 10.9. The molecule has 1 saturated carbocycles. The van der Waals surface area contributed by atoms with E-state index in [0.717, 1.165) is 23.8 Å². The Bertz CT molecular complexity index is 484. The Balaban J connectivity index is 2.34. The molecular weight excluding hydrogens is 262 g/mol. The van der Waals surface area contributed by atoms with Gasteiger partial charge in [0.05, 0.1) is 14.2 Å². The van der Waals surface area contributed by atoms with Crippen LogP contribution in [0.15, 0.2) is 18.2 Å². The lowest BCUT2D eigenvalue weighted by molar-refractivity contribution is 0.168. The van der Waals surface area contributed by atoms with Gasteiger partial charge in [-0.15, -0.1) is 0 Å². The Hall–Kier alpha value is -1.22. The maximum atomic E-state index is 6.47. The lowest BCUT2D eigenvalue weighted by atomic mass is 9.63. The number of ether oxygens (including phenoxy) is 2. The van der Waals surface area contributed by atoms with Crippen molar-refractivity contribution < 1.29 is 9.47 Å². The minimum atomic E-state index is -0.00281. The first kappa shape index (κ1) is 16.2. The van der Waals surface area contributed by atoms with E-state index in [-0.39, 0.29) is 11.5 Å². The maximum Gasteiger partial charge on any atom is 0.126 e. The van der Waals surface area contributed by atoms with Gasteiger partial charge in [-0.3, -0.25) is 0 Å². The minimum Gasteiger partial charge on any atom is -0.497 e. The Morgan fingerprint density at radius 3 is 2.43 bits per heavy atom. The number of hydrogen-bond acceptors (Lipinski definition) is 3. The third-order valence-electron chi connectivity index (χ3n) is 5.19. The van der Waals surface area contributed by atoms with E-state index < -0.39 is 0 Å². The predicted molar refractivity (Wildman–Crippen MR) is 87.1 cm³/mol. The lowest BCUT2D eigenvalue weighted by Crippen LogP contribution is -2.45. The van der Waals surface area contributed by atoms with Gasteiger partial charge < -0.3 is 15.2 Å². The third kappa shape index (κ3) is 3.18. The van der Waals surface area contributed by atoms with Crippen molar-refractivity contribution in [1.82, 2.24) is 0 Å². The standard InChI is InChI=1S/C18H29NO2/c1-12-6-8-14(16(19)10-12)18(2,3)15-9-7-13(20-4)11-17(15)21-5/h7,9,11-12,14,16H,6,8,10,19H2,1-5H3. The van der Waals surface area contributed by atoms with Crippen LogP contribution < -0.4 is 15.2 Å². The average Bonchev–Trinajstić information content (AvgIpc) is 2.46. The van der Waals surface area contributed by atoms with Crippen LogP contribution in [-0.2, 0) is 5.41 Å². The van der Waals surface area contributed by atoms with Gasteiger partial charge in [0.1, 0.15) is 11.5 Å². The summed E-state index contributed by atoms with van der Waals surface area (Å²) in [4.78, 5) is 0. The normalized spacial score (nSPS) is 26.5. The quantitative estimate of drug-likeness (QED) is 0.919. The zero-order valence-electron chi connectivity index (χ0n) is 14.0. The molecule has 3 unspecified atom stereocenters. The van der Waals surface area contributed by atoms with E-state index in [1.54, 1.807) is 14.2 Å². The Labute approximate surface area is 128 Å². The molecule has 0 spiro atoms. The fourth-order valence-corrected chi connectivity index (χ4v) is 3.85. The van der Waals surface area contributed by atoms with Gasteiger partial charge in [-0.1, -0.05) is 33.3 Å². The van der Waals surface area contributed by atoms with E-state index in [4.69, 9.17) is 15.2 Å². The fourth-order valence-electron chi connectivity index (χ4n) is 3.85. The molecule has 0 radical (unpaired) electrons. The highest BCUT2D eigenvalue weighted by molar-refractivity contribution is 5.45. The van der Waals surface area contributed by atoms with E-state index in [1.165, 1.54) is 18.4 Å². The van der Waals surface area contributed by atoms with Gasteiger partial charge >= 0.3 is 0 Å². The second kappa shape index (κ2) is 6.27. The molecule has 1 aromatic carbocycles. The smallest absolute Gasteiger partial charge is 0.126 e. The lowest BCUT2D eigenvalue weighted by Gasteiger charge is -2.43. The Morgan fingerprint density at radius 1 is 1.14 bits per heavy atom. The van der Waals surface area contributed by atoms with Crippen molar-refractivity contribution in [2.24, 2.45) is 17.6 Å². The van der Waals surface area contributed by atoms with Gasteiger partial charge in [-0.25, -0.2) is 0 Å².